The normalized spacial score (nSPS) is 13.3. The molecule has 0 aliphatic carbocycles. The van der Waals surface area contributed by atoms with Gasteiger partial charge in [0.1, 0.15) is 11.6 Å². The quantitative estimate of drug-likeness (QED) is 0.510. The van der Waals surface area contributed by atoms with Gasteiger partial charge in [0.15, 0.2) is 0 Å². The summed E-state index contributed by atoms with van der Waals surface area (Å²) >= 11 is 1.75. The zero-order chi connectivity index (χ0) is 19.0. The van der Waals surface area contributed by atoms with Crippen LogP contribution in [0, 0.1) is 0 Å². The fourth-order valence-corrected chi connectivity index (χ4v) is 4.13. The van der Waals surface area contributed by atoms with Gasteiger partial charge in [0, 0.05) is 22.3 Å². The molecule has 4 N–H and O–H groups in total. The summed E-state index contributed by atoms with van der Waals surface area (Å²) in [7, 11) is -1.72. The third-order valence-corrected chi connectivity index (χ3v) is 5.62. The van der Waals surface area contributed by atoms with Gasteiger partial charge >= 0.3 is 7.12 Å². The molecule has 4 rings (SSSR count). The second-order valence-corrected chi connectivity index (χ2v) is 7.47. The van der Waals surface area contributed by atoms with Crippen LogP contribution in [0.2, 0.25) is 0 Å². The Bertz CT molecular complexity index is 1050. The Morgan fingerprint density at radius 1 is 1.04 bits per heavy atom. The fourth-order valence-electron chi connectivity index (χ4n) is 3.14. The first kappa shape index (κ1) is 17.8. The Morgan fingerprint density at radius 2 is 1.74 bits per heavy atom. The number of H-pyrrole nitrogens is 1. The predicted molar refractivity (Wildman–Crippen MR) is 107 cm³/mol. The molecule has 8 heteroatoms. The lowest BCUT2D eigenvalue weighted by Gasteiger charge is -2.14. The van der Waals surface area contributed by atoms with Crippen molar-refractivity contribution in [2.45, 2.75) is 12.2 Å². The van der Waals surface area contributed by atoms with Crippen LogP contribution in [0.25, 0.3) is 22.5 Å². The lowest BCUT2D eigenvalue weighted by Crippen LogP contribution is -2.29. The number of rotatable bonds is 3. The van der Waals surface area contributed by atoms with E-state index in [1.165, 1.54) is 12.1 Å². The molecule has 0 saturated carbocycles. The molecule has 2 aromatic carbocycles. The van der Waals surface area contributed by atoms with Gasteiger partial charge in [0.25, 0.3) is 5.56 Å². The highest BCUT2D eigenvalue weighted by molar-refractivity contribution is 7.98. The molecule has 2 heterocycles. The zero-order valence-electron chi connectivity index (χ0n) is 14.3. The van der Waals surface area contributed by atoms with Crippen molar-refractivity contribution in [3.05, 3.63) is 64.1 Å². The number of phenols is 1. The summed E-state index contributed by atoms with van der Waals surface area (Å²) in [5, 5.41) is 28.3. The number of nitrogens with one attached hydrogen (secondary N) is 1. The van der Waals surface area contributed by atoms with Crippen LogP contribution in [0.4, 0.5) is 0 Å². The number of aromatic amines is 1. The average Bonchev–Trinajstić information content (AvgIpc) is 2.68. The van der Waals surface area contributed by atoms with Gasteiger partial charge in [0.2, 0.25) is 0 Å². The molecule has 136 valence electrons. The van der Waals surface area contributed by atoms with Gasteiger partial charge in [-0.2, -0.15) is 11.8 Å². The minimum Gasteiger partial charge on any atom is -0.508 e. The van der Waals surface area contributed by atoms with E-state index in [2.05, 4.69) is 9.97 Å². The molecule has 0 spiro atoms. The molecule has 1 aliphatic heterocycles. The predicted octanol–water partition coefficient (Wildman–Crippen LogP) is 1.28. The smallest absolute Gasteiger partial charge is 0.492 e. The van der Waals surface area contributed by atoms with E-state index in [1.807, 2.05) is 24.3 Å². The highest BCUT2D eigenvalue weighted by atomic mass is 32.2. The Balaban J connectivity index is 1.66. The van der Waals surface area contributed by atoms with Crippen molar-refractivity contribution in [3.63, 3.8) is 0 Å². The summed E-state index contributed by atoms with van der Waals surface area (Å²) in [5.74, 6) is 2.06. The van der Waals surface area contributed by atoms with Crippen LogP contribution in [-0.4, -0.2) is 38.0 Å². The molecule has 1 aliphatic rings. The van der Waals surface area contributed by atoms with Gasteiger partial charge in [-0.3, -0.25) is 4.79 Å². The van der Waals surface area contributed by atoms with E-state index in [0.29, 0.717) is 11.6 Å². The minimum atomic E-state index is -1.72. The maximum Gasteiger partial charge on any atom is 0.492 e. The van der Waals surface area contributed by atoms with Crippen molar-refractivity contribution in [1.29, 1.82) is 0 Å². The van der Waals surface area contributed by atoms with E-state index in [9.17, 15) is 19.9 Å². The first-order valence-electron chi connectivity index (χ1n) is 8.52. The number of benzene rings is 2. The molecule has 0 amide bonds. The third-order valence-electron chi connectivity index (χ3n) is 4.63. The molecule has 1 aromatic heterocycles. The Hall–Kier alpha value is -2.55. The summed E-state index contributed by atoms with van der Waals surface area (Å²) in [6.07, 6.45) is 0.803. The molecule has 6 nitrogen and oxygen atoms in total. The zero-order valence-corrected chi connectivity index (χ0v) is 15.2. The number of thioether (sulfide) groups is 1. The van der Waals surface area contributed by atoms with Crippen LogP contribution in [0.15, 0.2) is 47.3 Å². The van der Waals surface area contributed by atoms with E-state index in [4.69, 9.17) is 0 Å². The number of hydrogen-bond acceptors (Lipinski definition) is 6. The number of phenolic OH excluding ortho intramolecular Hbond substituents is 1. The van der Waals surface area contributed by atoms with Crippen LogP contribution in [-0.2, 0) is 12.2 Å². The third kappa shape index (κ3) is 3.51. The van der Waals surface area contributed by atoms with E-state index in [0.717, 1.165) is 40.1 Å². The topological polar surface area (TPSA) is 106 Å². The molecule has 27 heavy (non-hydrogen) atoms. The number of aromatic hydroxyl groups is 1. The second-order valence-electron chi connectivity index (χ2n) is 6.37. The summed E-state index contributed by atoms with van der Waals surface area (Å²) in [4.78, 5) is 19.8. The van der Waals surface area contributed by atoms with E-state index in [1.54, 1.807) is 17.8 Å². The molecule has 0 radical (unpaired) electrons. The molecule has 0 saturated heterocycles. The van der Waals surface area contributed by atoms with Gasteiger partial charge in [-0.1, -0.05) is 36.4 Å². The van der Waals surface area contributed by atoms with E-state index in [-0.39, 0.29) is 16.8 Å². The van der Waals surface area contributed by atoms with Crippen LogP contribution in [0.1, 0.15) is 11.3 Å². The van der Waals surface area contributed by atoms with Crippen LogP contribution >= 0.6 is 11.8 Å². The van der Waals surface area contributed by atoms with Gasteiger partial charge < -0.3 is 20.1 Å². The van der Waals surface area contributed by atoms with Crippen molar-refractivity contribution < 1.29 is 15.2 Å². The van der Waals surface area contributed by atoms with Crippen LogP contribution in [0.5, 0.6) is 5.75 Å². The summed E-state index contributed by atoms with van der Waals surface area (Å²) in [5.41, 5.74) is 4.03. The summed E-state index contributed by atoms with van der Waals surface area (Å²) in [6.45, 7) is 0. The maximum absolute atomic E-state index is 12.3. The molecule has 3 aromatic rings. The fraction of sp³-hybridized carbons (Fsp3) is 0.158. The molecule has 0 unspecified atom stereocenters. The van der Waals surface area contributed by atoms with Crippen molar-refractivity contribution in [3.8, 4) is 28.3 Å². The SMILES string of the molecule is O=c1[nH]c(-c2ccc(-c3ccc(B(O)O)c(O)c3)cc2)nc2c1CSCC2. The highest BCUT2D eigenvalue weighted by Gasteiger charge is 2.17. The van der Waals surface area contributed by atoms with Gasteiger partial charge in [-0.15, -0.1) is 0 Å². The number of fused-ring (bicyclic) bond motifs is 1. The molecule has 0 atom stereocenters. The van der Waals surface area contributed by atoms with Crippen LogP contribution < -0.4 is 11.0 Å². The molecule has 0 bridgehead atoms. The van der Waals surface area contributed by atoms with Crippen molar-refractivity contribution in [2.75, 3.05) is 5.75 Å². The lowest BCUT2D eigenvalue weighted by molar-refractivity contribution is 0.419. The summed E-state index contributed by atoms with van der Waals surface area (Å²) < 4.78 is 0. The minimum absolute atomic E-state index is 0.0596. The van der Waals surface area contributed by atoms with Crippen molar-refractivity contribution in [1.82, 2.24) is 9.97 Å². The monoisotopic (exact) mass is 380 g/mol. The maximum atomic E-state index is 12.3. The summed E-state index contributed by atoms with van der Waals surface area (Å²) in [6, 6.07) is 12.1. The number of nitrogens with zero attached hydrogens (tertiary/aromatic N) is 1. The second kappa shape index (κ2) is 7.23. The Labute approximate surface area is 160 Å². The Kier molecular flexibility index (Phi) is 4.78. The van der Waals surface area contributed by atoms with Gasteiger partial charge in [-0.25, -0.2) is 4.98 Å². The number of hydrogen-bond donors (Lipinski definition) is 4. The van der Waals surface area contributed by atoms with Crippen molar-refractivity contribution >= 4 is 24.3 Å². The van der Waals surface area contributed by atoms with Gasteiger partial charge in [0.05, 0.1) is 5.69 Å². The lowest BCUT2D eigenvalue weighted by atomic mass is 9.79. The van der Waals surface area contributed by atoms with Crippen molar-refractivity contribution in [2.24, 2.45) is 0 Å². The standard InChI is InChI=1S/C19H17BN2O4S/c23-17-9-13(5-6-15(17)20(25)26)11-1-3-12(4-2-11)18-21-16-7-8-27-10-14(16)19(24)22-18/h1-6,9,23,25-26H,7-8,10H2,(H,21,22,24). The molecule has 0 fully saturated rings. The average molecular weight is 380 g/mol. The largest absolute Gasteiger partial charge is 0.508 e. The number of aromatic nitrogens is 2. The Morgan fingerprint density at radius 3 is 2.44 bits per heavy atom. The molecular weight excluding hydrogens is 363 g/mol. The number of aryl methyl sites for hydroxylation is 1. The van der Waals surface area contributed by atoms with E-state index < -0.39 is 7.12 Å². The van der Waals surface area contributed by atoms with Crippen LogP contribution in [0.3, 0.4) is 0 Å². The molecular formula is C19H17BN2O4S. The highest BCUT2D eigenvalue weighted by Crippen LogP contribution is 2.26. The van der Waals surface area contributed by atoms with E-state index >= 15 is 0 Å². The van der Waals surface area contributed by atoms with Gasteiger partial charge in [-0.05, 0) is 29.4 Å². The first-order valence-corrected chi connectivity index (χ1v) is 9.68. The first-order chi connectivity index (χ1) is 13.0.